The fraction of sp³-hybridized carbons (Fsp3) is 0.455. The van der Waals surface area contributed by atoms with Crippen LogP contribution in [0.2, 0.25) is 0 Å². The predicted molar refractivity (Wildman–Crippen MR) is 49.6 cm³/mol. The average Bonchev–Trinajstić information content (AvgIpc) is 2.48. The van der Waals surface area contributed by atoms with Gasteiger partial charge in [0.1, 0.15) is 5.75 Å². The van der Waals surface area contributed by atoms with E-state index in [9.17, 15) is 5.11 Å². The van der Waals surface area contributed by atoms with Crippen LogP contribution in [-0.4, -0.2) is 5.11 Å². The Kier molecular flexibility index (Phi) is 1.60. The van der Waals surface area contributed by atoms with Gasteiger partial charge in [-0.15, -0.1) is 0 Å². The third-order valence-electron chi connectivity index (χ3n) is 2.92. The van der Waals surface area contributed by atoms with E-state index in [-0.39, 0.29) is 0 Å². The molecule has 64 valence electrons. The van der Waals surface area contributed by atoms with Crippen molar-refractivity contribution in [1.82, 2.24) is 0 Å². The Morgan fingerprint density at radius 3 is 2.58 bits per heavy atom. The van der Waals surface area contributed by atoms with Crippen molar-refractivity contribution in [2.75, 3.05) is 0 Å². The molecule has 0 saturated heterocycles. The van der Waals surface area contributed by atoms with Gasteiger partial charge < -0.3 is 5.11 Å². The molecule has 1 heteroatoms. The van der Waals surface area contributed by atoms with Crippen LogP contribution in [0.3, 0.4) is 0 Å². The molecular formula is C11H14O. The highest BCUT2D eigenvalue weighted by Crippen LogP contribution is 2.33. The monoisotopic (exact) mass is 162 g/mol. The second-order valence-corrected chi connectivity index (χ2v) is 3.65. The van der Waals surface area contributed by atoms with E-state index in [1.54, 1.807) is 0 Å². The zero-order valence-corrected chi connectivity index (χ0v) is 7.65. The van der Waals surface area contributed by atoms with Gasteiger partial charge in [0.05, 0.1) is 0 Å². The van der Waals surface area contributed by atoms with E-state index in [0.717, 1.165) is 12.8 Å². The Morgan fingerprint density at radius 2 is 1.83 bits per heavy atom. The number of phenolic OH excluding ortho intramolecular Hbond substituents is 1. The summed E-state index contributed by atoms with van der Waals surface area (Å²) < 4.78 is 0. The molecule has 1 nitrogen and oxygen atoms in total. The van der Waals surface area contributed by atoms with Gasteiger partial charge in [0.2, 0.25) is 0 Å². The Labute approximate surface area is 73.0 Å². The third kappa shape index (κ3) is 0.927. The van der Waals surface area contributed by atoms with E-state index in [4.69, 9.17) is 0 Å². The summed E-state index contributed by atoms with van der Waals surface area (Å²) in [4.78, 5) is 0. The van der Waals surface area contributed by atoms with Gasteiger partial charge in [0, 0.05) is 0 Å². The molecule has 0 aromatic heterocycles. The van der Waals surface area contributed by atoms with E-state index >= 15 is 0 Å². The predicted octanol–water partition coefficient (Wildman–Crippen LogP) is 2.50. The lowest BCUT2D eigenvalue weighted by Crippen LogP contribution is -1.91. The quantitative estimate of drug-likeness (QED) is 0.621. The van der Waals surface area contributed by atoms with Crippen molar-refractivity contribution in [3.63, 3.8) is 0 Å². The van der Waals surface area contributed by atoms with Crippen LogP contribution in [0.1, 0.15) is 28.7 Å². The smallest absolute Gasteiger partial charge is 0.119 e. The average molecular weight is 162 g/mol. The Bertz CT molecular complexity index is 326. The molecule has 0 unspecified atom stereocenters. The van der Waals surface area contributed by atoms with Gasteiger partial charge >= 0.3 is 0 Å². The maximum absolute atomic E-state index is 9.64. The van der Waals surface area contributed by atoms with Crippen LogP contribution in [0.5, 0.6) is 5.75 Å². The van der Waals surface area contributed by atoms with E-state index in [1.807, 2.05) is 6.07 Å². The summed E-state index contributed by atoms with van der Waals surface area (Å²) in [5.74, 6) is 0.505. The molecule has 2 rings (SSSR count). The second-order valence-electron chi connectivity index (χ2n) is 3.65. The third-order valence-corrected chi connectivity index (χ3v) is 2.92. The van der Waals surface area contributed by atoms with Crippen molar-refractivity contribution in [3.05, 3.63) is 28.3 Å². The lowest BCUT2D eigenvalue weighted by molar-refractivity contribution is 0.468. The number of fused-ring (bicyclic) bond motifs is 1. The summed E-state index contributed by atoms with van der Waals surface area (Å²) in [5.41, 5.74) is 5.18. The minimum atomic E-state index is 0.505. The summed E-state index contributed by atoms with van der Waals surface area (Å²) in [5, 5.41) is 9.64. The molecule has 0 fully saturated rings. The molecular weight excluding hydrogens is 148 g/mol. The van der Waals surface area contributed by atoms with Crippen LogP contribution < -0.4 is 0 Å². The summed E-state index contributed by atoms with van der Waals surface area (Å²) in [6.45, 7) is 4.21. The number of aromatic hydroxyl groups is 1. The van der Waals surface area contributed by atoms with Crippen LogP contribution in [-0.2, 0) is 12.8 Å². The lowest BCUT2D eigenvalue weighted by atomic mass is 9.99. The fourth-order valence-corrected chi connectivity index (χ4v) is 2.08. The number of rotatable bonds is 0. The summed E-state index contributed by atoms with van der Waals surface area (Å²) >= 11 is 0. The fourth-order valence-electron chi connectivity index (χ4n) is 2.08. The molecule has 1 N–H and O–H groups in total. The normalized spacial score (nSPS) is 14.8. The first-order valence-electron chi connectivity index (χ1n) is 4.51. The number of hydrogen-bond acceptors (Lipinski definition) is 1. The summed E-state index contributed by atoms with van der Waals surface area (Å²) in [7, 11) is 0. The van der Waals surface area contributed by atoms with Crippen LogP contribution in [0.4, 0.5) is 0 Å². The molecule has 0 bridgehead atoms. The van der Waals surface area contributed by atoms with Gasteiger partial charge in [-0.1, -0.05) is 0 Å². The Balaban J connectivity index is 2.69. The lowest BCUT2D eigenvalue weighted by Gasteiger charge is -2.09. The van der Waals surface area contributed by atoms with Gasteiger partial charge in [-0.2, -0.15) is 0 Å². The first-order valence-corrected chi connectivity index (χ1v) is 4.51. The van der Waals surface area contributed by atoms with Gasteiger partial charge in [-0.3, -0.25) is 0 Å². The Morgan fingerprint density at radius 1 is 1.17 bits per heavy atom. The van der Waals surface area contributed by atoms with Crippen LogP contribution >= 0.6 is 0 Å². The number of hydrogen-bond donors (Lipinski definition) is 1. The van der Waals surface area contributed by atoms with Crippen molar-refractivity contribution < 1.29 is 5.11 Å². The maximum atomic E-state index is 9.64. The van der Waals surface area contributed by atoms with E-state index in [2.05, 4.69) is 13.8 Å². The number of phenols is 1. The molecule has 1 aliphatic rings. The molecule has 0 aliphatic heterocycles. The van der Waals surface area contributed by atoms with Crippen molar-refractivity contribution in [3.8, 4) is 5.75 Å². The van der Waals surface area contributed by atoms with Crippen molar-refractivity contribution in [2.24, 2.45) is 0 Å². The SMILES string of the molecule is Cc1cc(O)c2c(c1C)CCC2. The second kappa shape index (κ2) is 2.51. The van der Waals surface area contributed by atoms with Gasteiger partial charge in [0.25, 0.3) is 0 Å². The van der Waals surface area contributed by atoms with Crippen molar-refractivity contribution in [2.45, 2.75) is 33.1 Å². The van der Waals surface area contributed by atoms with E-state index in [1.165, 1.54) is 28.7 Å². The molecule has 0 amide bonds. The van der Waals surface area contributed by atoms with Crippen LogP contribution in [0.15, 0.2) is 6.07 Å². The van der Waals surface area contributed by atoms with Crippen molar-refractivity contribution >= 4 is 0 Å². The Hall–Kier alpha value is -0.980. The number of benzene rings is 1. The molecule has 1 aliphatic carbocycles. The summed E-state index contributed by atoms with van der Waals surface area (Å²) in [6.07, 6.45) is 3.41. The maximum Gasteiger partial charge on any atom is 0.119 e. The van der Waals surface area contributed by atoms with Crippen LogP contribution in [0, 0.1) is 13.8 Å². The molecule has 1 aromatic carbocycles. The number of aryl methyl sites for hydroxylation is 1. The largest absolute Gasteiger partial charge is 0.508 e. The van der Waals surface area contributed by atoms with Gasteiger partial charge in [-0.05, 0) is 61.4 Å². The highest BCUT2D eigenvalue weighted by Gasteiger charge is 2.17. The minimum Gasteiger partial charge on any atom is -0.508 e. The molecule has 1 aromatic rings. The zero-order valence-electron chi connectivity index (χ0n) is 7.65. The standard InChI is InChI=1S/C11H14O/c1-7-6-11(12)10-5-3-4-9(10)8(7)2/h6,12H,3-5H2,1-2H3. The highest BCUT2D eigenvalue weighted by atomic mass is 16.3. The molecule has 12 heavy (non-hydrogen) atoms. The summed E-state index contributed by atoms with van der Waals surface area (Å²) in [6, 6.07) is 1.89. The molecule has 0 radical (unpaired) electrons. The molecule has 0 spiro atoms. The molecule has 0 heterocycles. The molecule has 0 atom stereocenters. The highest BCUT2D eigenvalue weighted by molar-refractivity contribution is 5.50. The first-order chi connectivity index (χ1) is 5.70. The zero-order chi connectivity index (χ0) is 8.72. The van der Waals surface area contributed by atoms with Gasteiger partial charge in [-0.25, -0.2) is 0 Å². The minimum absolute atomic E-state index is 0.505. The van der Waals surface area contributed by atoms with E-state index in [0.29, 0.717) is 5.75 Å². The van der Waals surface area contributed by atoms with Crippen LogP contribution in [0.25, 0.3) is 0 Å². The van der Waals surface area contributed by atoms with Crippen molar-refractivity contribution in [1.29, 1.82) is 0 Å². The van der Waals surface area contributed by atoms with E-state index < -0.39 is 0 Å². The molecule has 0 saturated carbocycles. The first kappa shape index (κ1) is 7.66. The topological polar surface area (TPSA) is 20.2 Å². The van der Waals surface area contributed by atoms with Gasteiger partial charge in [0.15, 0.2) is 0 Å².